The number of amides is 1. The van der Waals surface area contributed by atoms with Crippen LogP contribution in [0.3, 0.4) is 0 Å². The Morgan fingerprint density at radius 3 is 2.29 bits per heavy atom. The van der Waals surface area contributed by atoms with Gasteiger partial charge in [-0.2, -0.15) is 0 Å². The van der Waals surface area contributed by atoms with Gasteiger partial charge in [0.1, 0.15) is 23.7 Å². The van der Waals surface area contributed by atoms with Crippen molar-refractivity contribution in [3.8, 4) is 11.5 Å². The number of nitrogens with one attached hydrogen (secondary N) is 1. The molecule has 1 amide bonds. The van der Waals surface area contributed by atoms with Crippen molar-refractivity contribution in [3.05, 3.63) is 88.5 Å². The molecule has 0 aliphatic heterocycles. The van der Waals surface area contributed by atoms with Crippen molar-refractivity contribution >= 4 is 24.0 Å². The van der Waals surface area contributed by atoms with E-state index in [1.165, 1.54) is 18.5 Å². The van der Waals surface area contributed by atoms with E-state index in [1.54, 1.807) is 0 Å². The summed E-state index contributed by atoms with van der Waals surface area (Å²) in [5.74, 6) is 0.664. The molecular formula is C28H29F3N4O3. The monoisotopic (exact) mass is 526 g/mol. The molecular weight excluding hydrogens is 497 g/mol. The van der Waals surface area contributed by atoms with Crippen LogP contribution in [-0.2, 0) is 0 Å². The third kappa shape index (κ3) is 7.12. The van der Waals surface area contributed by atoms with Gasteiger partial charge < -0.3 is 20.5 Å². The Kier molecular flexibility index (Phi) is 7.70. The third-order valence-electron chi connectivity index (χ3n) is 6.00. The van der Waals surface area contributed by atoms with Crippen LogP contribution < -0.4 is 20.5 Å². The lowest BCUT2D eigenvalue weighted by atomic mass is 10.1. The maximum absolute atomic E-state index is 12.4. The summed E-state index contributed by atoms with van der Waals surface area (Å²) in [6, 6.07) is 16.5. The average Bonchev–Trinajstić information content (AvgIpc) is 3.60. The van der Waals surface area contributed by atoms with E-state index in [4.69, 9.17) is 10.5 Å². The van der Waals surface area contributed by atoms with Crippen molar-refractivity contribution in [2.75, 3.05) is 0 Å². The molecule has 1 aliphatic carbocycles. The van der Waals surface area contributed by atoms with E-state index in [0.29, 0.717) is 17.0 Å². The first kappa shape index (κ1) is 26.7. The Morgan fingerprint density at radius 2 is 1.68 bits per heavy atom. The van der Waals surface area contributed by atoms with Crippen molar-refractivity contribution in [1.29, 1.82) is 0 Å². The van der Waals surface area contributed by atoms with Gasteiger partial charge in [0.05, 0.1) is 5.69 Å². The molecule has 7 nitrogen and oxygen atoms in total. The fourth-order valence-corrected chi connectivity index (χ4v) is 4.19. The molecule has 3 aromatic rings. The standard InChI is InChI=1S/C28H27F3N4O3.H2/c1-16-12-17(2)25(18(3)13-16)37-27(36)35-24-14-23(24)19-4-6-20(7-5-19)26(32)34-15-33-21-8-10-22(11-9-21)38-28(29,30)31;/h4-13,15,23-24H,14H2,1-3H3,(H,35,36)(H2,32,33,34);1H. The van der Waals surface area contributed by atoms with Crippen LogP contribution in [0.15, 0.2) is 70.6 Å². The van der Waals surface area contributed by atoms with Gasteiger partial charge in [0, 0.05) is 18.9 Å². The average molecular weight is 527 g/mol. The minimum Gasteiger partial charge on any atom is -0.410 e. The molecule has 3 aromatic carbocycles. The molecule has 3 N–H and O–H groups in total. The van der Waals surface area contributed by atoms with Crippen LogP contribution in [0.1, 0.15) is 41.6 Å². The van der Waals surface area contributed by atoms with Crippen LogP contribution in [0, 0.1) is 20.8 Å². The lowest BCUT2D eigenvalue weighted by molar-refractivity contribution is -0.274. The number of benzene rings is 3. The molecule has 0 bridgehead atoms. The number of aliphatic imine (C=N–C) groups is 2. The highest BCUT2D eigenvalue weighted by Crippen LogP contribution is 2.41. The quantitative estimate of drug-likeness (QED) is 0.272. The Balaban J connectivity index is 0.00000420. The molecule has 1 fully saturated rings. The molecule has 200 valence electrons. The first-order chi connectivity index (χ1) is 18.0. The topological polar surface area (TPSA) is 98.3 Å². The Labute approximate surface area is 219 Å². The number of ether oxygens (including phenoxy) is 2. The van der Waals surface area contributed by atoms with Gasteiger partial charge in [-0.15, -0.1) is 13.2 Å². The summed E-state index contributed by atoms with van der Waals surface area (Å²) in [6.07, 6.45) is -3.18. The summed E-state index contributed by atoms with van der Waals surface area (Å²) in [7, 11) is 0. The van der Waals surface area contributed by atoms with Gasteiger partial charge in [-0.1, -0.05) is 42.0 Å². The number of hydrogen-bond donors (Lipinski definition) is 2. The molecule has 1 aliphatic rings. The van der Waals surface area contributed by atoms with Gasteiger partial charge in [-0.05, 0) is 68.1 Å². The number of aryl methyl sites for hydroxylation is 3. The predicted octanol–water partition coefficient (Wildman–Crippen LogP) is 6.47. The molecule has 2 unspecified atom stereocenters. The first-order valence-corrected chi connectivity index (χ1v) is 11.9. The van der Waals surface area contributed by atoms with Crippen molar-refractivity contribution < 1.29 is 28.9 Å². The molecule has 0 heterocycles. The zero-order chi connectivity index (χ0) is 27.4. The van der Waals surface area contributed by atoms with E-state index in [9.17, 15) is 18.0 Å². The molecule has 0 saturated heterocycles. The lowest BCUT2D eigenvalue weighted by Gasteiger charge is -2.12. The minimum absolute atomic E-state index is 0. The number of carbonyl (C=O) groups excluding carboxylic acids is 1. The largest absolute Gasteiger partial charge is 0.573 e. The van der Waals surface area contributed by atoms with Crippen LogP contribution in [0.4, 0.5) is 23.7 Å². The van der Waals surface area contributed by atoms with E-state index < -0.39 is 12.5 Å². The number of alkyl halides is 3. The lowest BCUT2D eigenvalue weighted by Crippen LogP contribution is -2.30. The van der Waals surface area contributed by atoms with E-state index in [1.807, 2.05) is 57.2 Å². The fourth-order valence-electron chi connectivity index (χ4n) is 4.19. The maximum Gasteiger partial charge on any atom is 0.573 e. The van der Waals surface area contributed by atoms with E-state index >= 15 is 0 Å². The van der Waals surface area contributed by atoms with Crippen molar-refractivity contribution in [2.45, 2.75) is 45.5 Å². The normalized spacial score (nSPS) is 17.4. The molecule has 0 aromatic heterocycles. The summed E-state index contributed by atoms with van der Waals surface area (Å²) in [5, 5.41) is 2.92. The second-order valence-corrected chi connectivity index (χ2v) is 9.13. The van der Waals surface area contributed by atoms with E-state index in [0.717, 1.165) is 40.8 Å². The van der Waals surface area contributed by atoms with Gasteiger partial charge in [0.2, 0.25) is 0 Å². The highest BCUT2D eigenvalue weighted by molar-refractivity contribution is 6.01. The summed E-state index contributed by atoms with van der Waals surface area (Å²) in [6.45, 7) is 5.83. The molecule has 1 saturated carbocycles. The SMILES string of the molecule is Cc1cc(C)c(OC(=O)NC2CC2c2ccc(C(N)=NC=Nc3ccc(OC(F)(F)F)cc3)cc2)c(C)c1.[HH]. The van der Waals surface area contributed by atoms with Crippen LogP contribution in [0.2, 0.25) is 0 Å². The van der Waals surface area contributed by atoms with Crippen molar-refractivity contribution in [3.63, 3.8) is 0 Å². The number of nitrogens with zero attached hydrogens (tertiary/aromatic N) is 2. The van der Waals surface area contributed by atoms with Gasteiger partial charge in [-0.3, -0.25) is 0 Å². The second kappa shape index (κ2) is 11.0. The van der Waals surface area contributed by atoms with Crippen LogP contribution >= 0.6 is 0 Å². The van der Waals surface area contributed by atoms with Crippen molar-refractivity contribution in [2.24, 2.45) is 15.7 Å². The summed E-state index contributed by atoms with van der Waals surface area (Å²) < 4.78 is 46.1. The fraction of sp³-hybridized carbons (Fsp3) is 0.250. The zero-order valence-electron chi connectivity index (χ0n) is 21.0. The summed E-state index contributed by atoms with van der Waals surface area (Å²) in [4.78, 5) is 20.6. The zero-order valence-corrected chi connectivity index (χ0v) is 21.0. The van der Waals surface area contributed by atoms with Crippen LogP contribution in [0.25, 0.3) is 0 Å². The number of nitrogens with two attached hydrogens (primary N) is 1. The summed E-state index contributed by atoms with van der Waals surface area (Å²) in [5.41, 5.74) is 11.1. The van der Waals surface area contributed by atoms with Gasteiger partial charge in [-0.25, -0.2) is 14.8 Å². The molecule has 0 radical (unpaired) electrons. The van der Waals surface area contributed by atoms with Crippen molar-refractivity contribution in [1.82, 2.24) is 5.32 Å². The molecule has 0 spiro atoms. The highest BCUT2D eigenvalue weighted by Gasteiger charge is 2.40. The smallest absolute Gasteiger partial charge is 0.410 e. The number of carbonyl (C=O) groups is 1. The molecule has 38 heavy (non-hydrogen) atoms. The highest BCUT2D eigenvalue weighted by atomic mass is 19.4. The van der Waals surface area contributed by atoms with Gasteiger partial charge in [0.25, 0.3) is 0 Å². The molecule has 2 atom stereocenters. The number of rotatable bonds is 7. The minimum atomic E-state index is -4.75. The predicted molar refractivity (Wildman–Crippen MR) is 142 cm³/mol. The van der Waals surface area contributed by atoms with Gasteiger partial charge >= 0.3 is 12.5 Å². The first-order valence-electron chi connectivity index (χ1n) is 11.9. The van der Waals surface area contributed by atoms with E-state index in [-0.39, 0.29) is 25.0 Å². The second-order valence-electron chi connectivity index (χ2n) is 9.13. The number of hydrogen-bond acceptors (Lipinski definition) is 4. The van der Waals surface area contributed by atoms with Crippen LogP contribution in [-0.4, -0.2) is 30.7 Å². The summed E-state index contributed by atoms with van der Waals surface area (Å²) >= 11 is 0. The third-order valence-corrected chi connectivity index (χ3v) is 6.00. The van der Waals surface area contributed by atoms with Gasteiger partial charge in [0.15, 0.2) is 0 Å². The number of halogens is 3. The number of amidine groups is 1. The molecule has 10 heteroatoms. The Morgan fingerprint density at radius 1 is 1.05 bits per heavy atom. The van der Waals surface area contributed by atoms with E-state index in [2.05, 4.69) is 20.0 Å². The Bertz CT molecular complexity index is 1350. The van der Waals surface area contributed by atoms with Crippen LogP contribution in [0.5, 0.6) is 11.5 Å². The Hall–Kier alpha value is -4.34. The molecule has 4 rings (SSSR count). The maximum atomic E-state index is 12.4.